The van der Waals surface area contributed by atoms with Gasteiger partial charge in [-0.25, -0.2) is 4.39 Å². The lowest BCUT2D eigenvalue weighted by Gasteiger charge is -2.36. The molecule has 1 saturated heterocycles. The first-order valence-electron chi connectivity index (χ1n) is 6.63. The van der Waals surface area contributed by atoms with Crippen molar-refractivity contribution in [1.29, 1.82) is 0 Å². The van der Waals surface area contributed by atoms with E-state index in [1.807, 2.05) is 0 Å². The number of rotatable bonds is 4. The number of ether oxygens (including phenoxy) is 1. The van der Waals surface area contributed by atoms with Crippen molar-refractivity contribution in [2.24, 2.45) is 5.73 Å². The van der Waals surface area contributed by atoms with Crippen molar-refractivity contribution in [3.63, 3.8) is 0 Å². The molecule has 0 atom stereocenters. The van der Waals surface area contributed by atoms with Crippen molar-refractivity contribution in [3.05, 3.63) is 28.0 Å². The summed E-state index contributed by atoms with van der Waals surface area (Å²) in [5.74, 6) is -0.432. The zero-order valence-corrected chi connectivity index (χ0v) is 14.1. The van der Waals surface area contributed by atoms with Gasteiger partial charge in [-0.05, 0) is 28.1 Å². The molecule has 1 aliphatic heterocycles. The largest absolute Gasteiger partial charge is 0.389 e. The van der Waals surface area contributed by atoms with Crippen LogP contribution in [0.2, 0.25) is 0 Å². The van der Waals surface area contributed by atoms with Gasteiger partial charge in [0.1, 0.15) is 4.99 Å². The summed E-state index contributed by atoms with van der Waals surface area (Å²) in [6.07, 6.45) is 1.09. The van der Waals surface area contributed by atoms with Crippen molar-refractivity contribution < 1.29 is 14.2 Å². The van der Waals surface area contributed by atoms with Crippen molar-refractivity contribution in [2.75, 3.05) is 31.7 Å². The van der Waals surface area contributed by atoms with Crippen LogP contribution in [0.5, 0.6) is 0 Å². The molecule has 4 nitrogen and oxygen atoms in total. The van der Waals surface area contributed by atoms with Crippen molar-refractivity contribution >= 4 is 38.8 Å². The van der Waals surface area contributed by atoms with Crippen LogP contribution in [0, 0.1) is 5.82 Å². The molecular weight excluding hydrogens is 359 g/mol. The van der Waals surface area contributed by atoms with Crippen molar-refractivity contribution in [1.82, 2.24) is 0 Å². The fourth-order valence-corrected chi connectivity index (χ4v) is 3.31. The van der Waals surface area contributed by atoms with Crippen LogP contribution in [0.1, 0.15) is 18.4 Å². The third-order valence-corrected chi connectivity index (χ3v) is 4.69. The highest BCUT2D eigenvalue weighted by Gasteiger charge is 2.32. The van der Waals surface area contributed by atoms with Gasteiger partial charge >= 0.3 is 0 Å². The van der Waals surface area contributed by atoms with E-state index in [1.165, 1.54) is 0 Å². The molecule has 3 N–H and O–H groups in total. The van der Waals surface area contributed by atoms with Gasteiger partial charge in [0.05, 0.1) is 15.8 Å². The Bertz CT molecular complexity index is 550. The molecule has 0 spiro atoms. The molecule has 0 amide bonds. The Kier molecular flexibility index (Phi) is 5.19. The molecule has 0 radical (unpaired) electrons. The van der Waals surface area contributed by atoms with Crippen LogP contribution in [-0.4, -0.2) is 42.5 Å². The summed E-state index contributed by atoms with van der Waals surface area (Å²) in [6, 6.07) is 3.30. The van der Waals surface area contributed by atoms with E-state index in [2.05, 4.69) is 15.9 Å². The van der Waals surface area contributed by atoms with Gasteiger partial charge in [-0.1, -0.05) is 12.2 Å². The monoisotopic (exact) mass is 376 g/mol. The summed E-state index contributed by atoms with van der Waals surface area (Å²) in [5.41, 5.74) is 5.55. The van der Waals surface area contributed by atoms with E-state index in [-0.39, 0.29) is 9.46 Å². The molecule has 21 heavy (non-hydrogen) atoms. The smallest absolute Gasteiger partial charge is 0.161 e. The Labute approximate surface area is 137 Å². The first-order chi connectivity index (χ1) is 9.84. The van der Waals surface area contributed by atoms with Gasteiger partial charge in [0.2, 0.25) is 0 Å². The standard InChI is InChI=1S/C14H18BrFN2O2S/c1-18(8-14(19)4-6-20-7-5-14)10-3-2-9(13(17)21)11(15)12(10)16/h2-3,19H,4-8H2,1H3,(H2,17,21). The molecule has 7 heteroatoms. The summed E-state index contributed by atoms with van der Waals surface area (Å²) in [6.45, 7) is 1.39. The lowest BCUT2D eigenvalue weighted by molar-refractivity contribution is -0.0573. The van der Waals surface area contributed by atoms with Gasteiger partial charge in [0, 0.05) is 45.2 Å². The number of nitrogens with two attached hydrogens (primary N) is 1. The minimum Gasteiger partial charge on any atom is -0.389 e. The highest BCUT2D eigenvalue weighted by molar-refractivity contribution is 9.10. The summed E-state index contributed by atoms with van der Waals surface area (Å²) in [7, 11) is 1.75. The van der Waals surface area contributed by atoms with Crippen LogP contribution in [-0.2, 0) is 4.74 Å². The summed E-state index contributed by atoms with van der Waals surface area (Å²) >= 11 is 8.07. The highest BCUT2D eigenvalue weighted by Crippen LogP contribution is 2.31. The lowest BCUT2D eigenvalue weighted by Crippen LogP contribution is -2.46. The fraction of sp³-hybridized carbons (Fsp3) is 0.500. The maximum Gasteiger partial charge on any atom is 0.161 e. The molecule has 1 aromatic carbocycles. The van der Waals surface area contributed by atoms with Gasteiger partial charge in [-0.2, -0.15) is 0 Å². The van der Waals surface area contributed by atoms with E-state index >= 15 is 0 Å². The van der Waals surface area contributed by atoms with E-state index in [0.717, 1.165) is 0 Å². The number of hydrogen-bond donors (Lipinski definition) is 2. The Morgan fingerprint density at radius 3 is 2.71 bits per heavy atom. The summed E-state index contributed by atoms with van der Waals surface area (Å²) in [5, 5.41) is 10.5. The number of thiocarbonyl (C=S) groups is 1. The van der Waals surface area contributed by atoms with Crippen LogP contribution in [0.4, 0.5) is 10.1 Å². The van der Waals surface area contributed by atoms with Crippen LogP contribution in [0.3, 0.4) is 0 Å². The third-order valence-electron chi connectivity index (χ3n) is 3.69. The predicted octanol–water partition coefficient (Wildman–Crippen LogP) is 2.20. The Morgan fingerprint density at radius 1 is 1.52 bits per heavy atom. The molecule has 0 saturated carbocycles. The van der Waals surface area contributed by atoms with Crippen LogP contribution >= 0.6 is 28.1 Å². The molecule has 2 rings (SSSR count). The normalized spacial score (nSPS) is 17.5. The van der Waals surface area contributed by atoms with Crippen molar-refractivity contribution in [3.8, 4) is 0 Å². The van der Waals surface area contributed by atoms with Crippen molar-refractivity contribution in [2.45, 2.75) is 18.4 Å². The van der Waals surface area contributed by atoms with Gasteiger partial charge in [-0.3, -0.25) is 0 Å². The SMILES string of the molecule is CN(CC1(O)CCOCC1)c1ccc(C(N)=S)c(Br)c1F. The first kappa shape index (κ1) is 16.6. The molecule has 0 aliphatic carbocycles. The topological polar surface area (TPSA) is 58.7 Å². The minimum atomic E-state index is -0.853. The second-order valence-corrected chi connectivity index (χ2v) is 6.55. The van der Waals surface area contributed by atoms with E-state index < -0.39 is 11.4 Å². The first-order valence-corrected chi connectivity index (χ1v) is 7.83. The molecular formula is C14H18BrFN2O2S. The number of aliphatic hydroxyl groups is 1. The van der Waals surface area contributed by atoms with Crippen LogP contribution in [0.25, 0.3) is 0 Å². The second-order valence-electron chi connectivity index (χ2n) is 5.32. The molecule has 1 heterocycles. The Morgan fingerprint density at radius 2 is 2.14 bits per heavy atom. The number of benzene rings is 1. The zero-order valence-electron chi connectivity index (χ0n) is 11.7. The quantitative estimate of drug-likeness (QED) is 0.788. The van der Waals surface area contributed by atoms with Gasteiger partial charge in [-0.15, -0.1) is 0 Å². The molecule has 116 valence electrons. The van der Waals surface area contributed by atoms with E-state index in [4.69, 9.17) is 22.7 Å². The number of halogens is 2. The number of nitrogens with zero attached hydrogens (tertiary/aromatic N) is 1. The summed E-state index contributed by atoms with van der Waals surface area (Å²) < 4.78 is 19.9. The molecule has 0 bridgehead atoms. The summed E-state index contributed by atoms with van der Waals surface area (Å²) in [4.78, 5) is 1.84. The molecule has 0 aromatic heterocycles. The third kappa shape index (κ3) is 3.71. The maximum atomic E-state index is 14.4. The predicted molar refractivity (Wildman–Crippen MR) is 88.3 cm³/mol. The fourth-order valence-electron chi connectivity index (χ4n) is 2.46. The second kappa shape index (κ2) is 6.56. The number of likely N-dealkylation sites (N-methyl/N-ethyl adjacent to an activating group) is 1. The molecule has 1 fully saturated rings. The van der Waals surface area contributed by atoms with Crippen LogP contribution < -0.4 is 10.6 Å². The zero-order chi connectivity index (χ0) is 15.6. The average Bonchev–Trinajstić information content (AvgIpc) is 2.41. The van der Waals surface area contributed by atoms with Gasteiger partial charge in [0.25, 0.3) is 0 Å². The molecule has 1 aliphatic rings. The van der Waals surface area contributed by atoms with E-state index in [1.54, 1.807) is 24.1 Å². The van der Waals surface area contributed by atoms with Gasteiger partial charge in [0.15, 0.2) is 5.82 Å². The van der Waals surface area contributed by atoms with Crippen LogP contribution in [0.15, 0.2) is 16.6 Å². The Hall–Kier alpha value is -0.760. The van der Waals surface area contributed by atoms with E-state index in [0.29, 0.717) is 43.9 Å². The highest BCUT2D eigenvalue weighted by atomic mass is 79.9. The maximum absolute atomic E-state index is 14.4. The number of anilines is 1. The van der Waals surface area contributed by atoms with E-state index in [9.17, 15) is 9.50 Å². The minimum absolute atomic E-state index is 0.137. The number of hydrogen-bond acceptors (Lipinski definition) is 4. The lowest BCUT2D eigenvalue weighted by atomic mass is 9.93. The average molecular weight is 377 g/mol. The Balaban J connectivity index is 2.21. The molecule has 1 aromatic rings. The van der Waals surface area contributed by atoms with Gasteiger partial charge < -0.3 is 20.5 Å². The molecule has 0 unspecified atom stereocenters.